The molecule has 344 valence electrons. The zero-order chi connectivity index (χ0) is 46.1. The number of alkyl halides is 1. The molecule has 5 aliphatic rings. The van der Waals surface area contributed by atoms with Crippen LogP contribution in [0.4, 0.5) is 18.9 Å². The standard InChI is InChI=1S/C48H49F3N8O6S/c49-38-23-39(50)37(48(51)14-20-58(27-48)66(52,64)65)22-35(38)44(61)36-24-54-45-43(36)34(9-15-53-45)33-3-1-2-4-40(33)57-18-10-28(11-19-57)25-56-16-12-29(13-17-56)30-5-6-32-31(21-30)26-59(47(32)63)41-7-8-42(60)55-46(41)62/h1-6,9,15,21-24,28-29,41H,7-8,10-14,16-20,25-27H2,(H,53,54)(H2,52,64,65)(H,55,60,62)/t41-,48?/m0/s1. The summed E-state index contributed by atoms with van der Waals surface area (Å²) in [5.41, 5.74) is 2.00. The van der Waals surface area contributed by atoms with Crippen LogP contribution < -0.4 is 15.4 Å². The first-order valence-electron chi connectivity index (χ1n) is 22.5. The maximum absolute atomic E-state index is 16.2. The quantitative estimate of drug-likeness (QED) is 0.118. The van der Waals surface area contributed by atoms with E-state index in [9.17, 15) is 27.6 Å². The van der Waals surface area contributed by atoms with Crippen molar-refractivity contribution in [2.75, 3.05) is 50.7 Å². The maximum atomic E-state index is 16.2. The lowest BCUT2D eigenvalue weighted by Gasteiger charge is -2.39. The van der Waals surface area contributed by atoms with Crippen LogP contribution in [0.1, 0.15) is 93.8 Å². The molecule has 2 aromatic heterocycles. The summed E-state index contributed by atoms with van der Waals surface area (Å²) >= 11 is 0. The zero-order valence-electron chi connectivity index (χ0n) is 36.1. The van der Waals surface area contributed by atoms with E-state index in [4.69, 9.17) is 5.14 Å². The van der Waals surface area contributed by atoms with Gasteiger partial charge in [-0.25, -0.2) is 23.3 Å². The molecule has 0 saturated carbocycles. The largest absolute Gasteiger partial charge is 0.371 e. The third kappa shape index (κ3) is 8.07. The number of aromatic amines is 1. The monoisotopic (exact) mass is 922 g/mol. The van der Waals surface area contributed by atoms with E-state index in [0.717, 1.165) is 81.3 Å². The number of nitrogens with zero attached hydrogens (tertiary/aromatic N) is 5. The molecule has 5 aromatic rings. The highest BCUT2D eigenvalue weighted by atomic mass is 32.2. The number of benzene rings is 3. The Labute approximate surface area is 379 Å². The van der Waals surface area contributed by atoms with Gasteiger partial charge in [0.1, 0.15) is 23.3 Å². The zero-order valence-corrected chi connectivity index (χ0v) is 36.9. The Balaban J connectivity index is 0.796. The van der Waals surface area contributed by atoms with Crippen molar-refractivity contribution in [1.29, 1.82) is 0 Å². The molecule has 66 heavy (non-hydrogen) atoms. The van der Waals surface area contributed by atoms with Crippen LogP contribution in [-0.4, -0.2) is 108 Å². The average molecular weight is 923 g/mol. The summed E-state index contributed by atoms with van der Waals surface area (Å²) < 4.78 is 71.5. The van der Waals surface area contributed by atoms with Gasteiger partial charge < -0.3 is 19.7 Å². The van der Waals surface area contributed by atoms with E-state index in [1.165, 1.54) is 11.8 Å². The average Bonchev–Trinajstić information content (AvgIpc) is 4.02. The number of fused-ring (bicyclic) bond motifs is 2. The second kappa shape index (κ2) is 17.0. The van der Waals surface area contributed by atoms with Crippen LogP contribution in [0.3, 0.4) is 0 Å². The molecule has 0 spiro atoms. The number of likely N-dealkylation sites (tertiary alicyclic amines) is 1. The highest BCUT2D eigenvalue weighted by Crippen LogP contribution is 2.42. The Kier molecular flexibility index (Phi) is 11.3. The molecule has 4 fully saturated rings. The van der Waals surface area contributed by atoms with Crippen LogP contribution in [0.2, 0.25) is 0 Å². The summed E-state index contributed by atoms with van der Waals surface area (Å²) in [5.74, 6) is -3.23. The summed E-state index contributed by atoms with van der Waals surface area (Å²) in [6.45, 7) is 3.86. The van der Waals surface area contributed by atoms with Crippen molar-refractivity contribution in [2.45, 2.75) is 69.1 Å². The van der Waals surface area contributed by atoms with Gasteiger partial charge in [0, 0.05) is 91.8 Å². The van der Waals surface area contributed by atoms with Crippen LogP contribution in [0.15, 0.2) is 73.1 Å². The van der Waals surface area contributed by atoms with E-state index in [0.29, 0.717) is 57.3 Å². The predicted molar refractivity (Wildman–Crippen MR) is 239 cm³/mol. The van der Waals surface area contributed by atoms with Crippen molar-refractivity contribution in [3.8, 4) is 11.1 Å². The van der Waals surface area contributed by atoms with Crippen LogP contribution in [0.5, 0.6) is 0 Å². The highest BCUT2D eigenvalue weighted by Gasteiger charge is 2.46. The molecule has 4 N–H and O–H groups in total. The molecule has 3 aromatic carbocycles. The summed E-state index contributed by atoms with van der Waals surface area (Å²) in [7, 11) is -4.27. The Hall–Kier alpha value is -5.95. The van der Waals surface area contributed by atoms with Gasteiger partial charge in [0.15, 0.2) is 11.5 Å². The van der Waals surface area contributed by atoms with Gasteiger partial charge in [-0.2, -0.15) is 12.7 Å². The Morgan fingerprint density at radius 2 is 1.64 bits per heavy atom. The lowest BCUT2D eigenvalue weighted by atomic mass is 9.87. The smallest absolute Gasteiger partial charge is 0.277 e. The van der Waals surface area contributed by atoms with E-state index in [-0.39, 0.29) is 30.3 Å². The van der Waals surface area contributed by atoms with E-state index >= 15 is 13.2 Å². The normalized spacial score (nSPS) is 22.7. The van der Waals surface area contributed by atoms with E-state index in [1.807, 2.05) is 30.3 Å². The number of rotatable bonds is 10. The minimum Gasteiger partial charge on any atom is -0.371 e. The van der Waals surface area contributed by atoms with Gasteiger partial charge in [-0.05, 0) is 98.0 Å². The number of nitrogens with two attached hydrogens (primary N) is 1. The summed E-state index contributed by atoms with van der Waals surface area (Å²) in [6, 6.07) is 16.4. The SMILES string of the molecule is NS(=O)(=O)N1CCC(F)(c2cc(C(=O)c3c[nH]c4nccc(-c5ccccc5N5CCC(CN6CCC(c7ccc8c(c7)CN([C@H]7CCC(=O)NC7=O)C8=O)CC6)CC5)c34)c(F)cc2F)C1. The molecule has 0 bridgehead atoms. The molecule has 18 heteroatoms. The number of nitrogens with one attached hydrogen (secondary N) is 2. The number of anilines is 1. The molecule has 14 nitrogen and oxygen atoms in total. The van der Waals surface area contributed by atoms with Crippen molar-refractivity contribution < 1.29 is 40.8 Å². The van der Waals surface area contributed by atoms with Crippen LogP contribution in [0, 0.1) is 17.6 Å². The van der Waals surface area contributed by atoms with Gasteiger partial charge in [-0.15, -0.1) is 0 Å². The number of pyridine rings is 1. The number of piperidine rings is 3. The van der Waals surface area contributed by atoms with E-state index < -0.39 is 69.3 Å². The molecule has 0 aliphatic carbocycles. The van der Waals surface area contributed by atoms with Gasteiger partial charge in [0.25, 0.3) is 16.1 Å². The number of H-pyrrole nitrogens is 1. The number of ketones is 1. The van der Waals surface area contributed by atoms with Crippen LogP contribution >= 0.6 is 0 Å². The maximum Gasteiger partial charge on any atom is 0.277 e. The van der Waals surface area contributed by atoms with Gasteiger partial charge in [-0.1, -0.05) is 30.3 Å². The van der Waals surface area contributed by atoms with E-state index in [2.05, 4.69) is 37.2 Å². The number of halogens is 3. The fourth-order valence-corrected chi connectivity index (χ4v) is 11.6. The molecule has 0 radical (unpaired) electrons. The molecule has 2 atom stereocenters. The Bertz CT molecular complexity index is 2910. The number of imide groups is 1. The molecule has 5 aliphatic heterocycles. The fourth-order valence-electron chi connectivity index (χ4n) is 10.8. The number of para-hydroxylation sites is 1. The van der Waals surface area contributed by atoms with Gasteiger partial charge in [-0.3, -0.25) is 24.5 Å². The lowest BCUT2D eigenvalue weighted by molar-refractivity contribution is -0.136. The molecule has 4 saturated heterocycles. The molecular formula is C48H49F3N8O6S. The third-order valence-electron chi connectivity index (χ3n) is 14.4. The highest BCUT2D eigenvalue weighted by molar-refractivity contribution is 7.86. The van der Waals surface area contributed by atoms with Crippen molar-refractivity contribution in [1.82, 2.24) is 29.4 Å². The number of amides is 3. The fraction of sp³-hybridized carbons (Fsp3) is 0.396. The second-order valence-corrected chi connectivity index (χ2v) is 19.9. The number of carbonyl (C=O) groups excluding carboxylic acids is 4. The predicted octanol–water partition coefficient (Wildman–Crippen LogP) is 5.67. The van der Waals surface area contributed by atoms with Gasteiger partial charge in [0.05, 0.1) is 17.7 Å². The minimum atomic E-state index is -4.27. The Morgan fingerprint density at radius 1 is 0.864 bits per heavy atom. The molecule has 1 unspecified atom stereocenters. The van der Waals surface area contributed by atoms with Crippen molar-refractivity contribution in [2.24, 2.45) is 11.1 Å². The number of carbonyl (C=O) groups is 4. The first kappa shape index (κ1) is 43.9. The molecule has 3 amide bonds. The summed E-state index contributed by atoms with van der Waals surface area (Å²) in [5, 5.41) is 8.00. The van der Waals surface area contributed by atoms with Gasteiger partial charge >= 0.3 is 0 Å². The molecular weight excluding hydrogens is 874 g/mol. The van der Waals surface area contributed by atoms with Gasteiger partial charge in [0.2, 0.25) is 11.8 Å². The van der Waals surface area contributed by atoms with Crippen molar-refractivity contribution in [3.63, 3.8) is 0 Å². The van der Waals surface area contributed by atoms with Crippen LogP contribution in [-0.2, 0) is 32.0 Å². The second-order valence-electron chi connectivity index (χ2n) is 18.4. The van der Waals surface area contributed by atoms with Crippen LogP contribution in [0.25, 0.3) is 22.2 Å². The first-order valence-corrected chi connectivity index (χ1v) is 24.0. The van der Waals surface area contributed by atoms with Crippen molar-refractivity contribution >= 4 is 50.4 Å². The third-order valence-corrected chi connectivity index (χ3v) is 15.5. The first-order chi connectivity index (χ1) is 31.6. The molecule has 7 heterocycles. The summed E-state index contributed by atoms with van der Waals surface area (Å²) in [6.07, 6.45) is 7.15. The topological polar surface area (TPSA) is 182 Å². The number of hydrogen-bond acceptors (Lipinski definition) is 9. The van der Waals surface area contributed by atoms with E-state index in [1.54, 1.807) is 17.2 Å². The lowest BCUT2D eigenvalue weighted by Crippen LogP contribution is -2.52. The van der Waals surface area contributed by atoms with Crippen molar-refractivity contribution in [3.05, 3.63) is 118 Å². The Morgan fingerprint density at radius 3 is 2.38 bits per heavy atom. The number of hydrogen-bond donors (Lipinski definition) is 3. The summed E-state index contributed by atoms with van der Waals surface area (Å²) in [4.78, 5) is 65.6. The molecule has 10 rings (SSSR count). The number of aromatic nitrogens is 2. The minimum absolute atomic E-state index is 0.0648.